The predicted molar refractivity (Wildman–Crippen MR) is 69.9 cm³/mol. The van der Waals surface area contributed by atoms with Crippen molar-refractivity contribution in [2.75, 3.05) is 6.61 Å². The summed E-state index contributed by atoms with van der Waals surface area (Å²) in [5.41, 5.74) is 8.72. The van der Waals surface area contributed by atoms with Crippen LogP contribution >= 0.6 is 11.6 Å². The highest BCUT2D eigenvalue weighted by Gasteiger charge is 2.17. The SMILES string of the molecule is NCc1cn(Cc2cc(Cl)cc3c2OCC3)cn1. The molecule has 3 rings (SSSR count). The van der Waals surface area contributed by atoms with E-state index in [1.807, 2.05) is 22.9 Å². The lowest BCUT2D eigenvalue weighted by molar-refractivity contribution is 0.352. The van der Waals surface area contributed by atoms with Gasteiger partial charge in [0, 0.05) is 29.7 Å². The largest absolute Gasteiger partial charge is 0.493 e. The Labute approximate surface area is 110 Å². The zero-order valence-electron chi connectivity index (χ0n) is 9.90. The lowest BCUT2D eigenvalue weighted by Gasteiger charge is -2.09. The summed E-state index contributed by atoms with van der Waals surface area (Å²) < 4.78 is 7.67. The van der Waals surface area contributed by atoms with Gasteiger partial charge in [-0.3, -0.25) is 0 Å². The second kappa shape index (κ2) is 4.63. The van der Waals surface area contributed by atoms with Gasteiger partial charge in [-0.1, -0.05) is 11.6 Å². The van der Waals surface area contributed by atoms with Crippen molar-refractivity contribution in [2.45, 2.75) is 19.5 Å². The first kappa shape index (κ1) is 11.6. The molecule has 1 aromatic heterocycles. The van der Waals surface area contributed by atoms with E-state index in [0.29, 0.717) is 13.1 Å². The van der Waals surface area contributed by atoms with Gasteiger partial charge in [0.1, 0.15) is 5.75 Å². The number of hydrogen-bond donors (Lipinski definition) is 1. The minimum absolute atomic E-state index is 0.456. The van der Waals surface area contributed by atoms with Gasteiger partial charge in [-0.15, -0.1) is 0 Å². The summed E-state index contributed by atoms with van der Waals surface area (Å²) in [6.07, 6.45) is 4.66. The maximum atomic E-state index is 6.13. The molecule has 0 unspecified atom stereocenters. The molecule has 1 aliphatic rings. The number of fused-ring (bicyclic) bond motifs is 1. The Morgan fingerprint density at radius 2 is 2.33 bits per heavy atom. The predicted octanol–water partition coefficient (Wildman–Crippen LogP) is 1.98. The Hall–Kier alpha value is -1.52. The number of imidazole rings is 1. The van der Waals surface area contributed by atoms with Crippen LogP contribution in [0.4, 0.5) is 0 Å². The molecule has 0 fully saturated rings. The minimum atomic E-state index is 0.456. The third-order valence-electron chi connectivity index (χ3n) is 3.07. The van der Waals surface area contributed by atoms with Crippen LogP contribution in [0.25, 0.3) is 0 Å². The molecule has 0 aliphatic carbocycles. The molecule has 0 spiro atoms. The van der Waals surface area contributed by atoms with Crippen molar-refractivity contribution >= 4 is 11.6 Å². The summed E-state index contributed by atoms with van der Waals surface area (Å²) in [6.45, 7) is 1.90. The first-order valence-electron chi connectivity index (χ1n) is 5.91. The highest BCUT2D eigenvalue weighted by molar-refractivity contribution is 6.30. The molecule has 94 valence electrons. The Bertz CT molecular complexity index is 580. The second-order valence-electron chi connectivity index (χ2n) is 4.39. The molecule has 1 aliphatic heterocycles. The summed E-state index contributed by atoms with van der Waals surface area (Å²) in [6, 6.07) is 3.93. The number of nitrogens with two attached hydrogens (primary N) is 1. The molecule has 2 N–H and O–H groups in total. The van der Waals surface area contributed by atoms with Crippen LogP contribution in [0.15, 0.2) is 24.7 Å². The molecular weight excluding hydrogens is 250 g/mol. The highest BCUT2D eigenvalue weighted by atomic mass is 35.5. The van der Waals surface area contributed by atoms with E-state index >= 15 is 0 Å². The van der Waals surface area contributed by atoms with E-state index in [2.05, 4.69) is 4.98 Å². The van der Waals surface area contributed by atoms with E-state index in [1.54, 1.807) is 6.33 Å². The van der Waals surface area contributed by atoms with Crippen molar-refractivity contribution in [2.24, 2.45) is 5.73 Å². The molecule has 18 heavy (non-hydrogen) atoms. The van der Waals surface area contributed by atoms with E-state index in [4.69, 9.17) is 22.1 Å². The molecule has 0 saturated carbocycles. The molecule has 4 nitrogen and oxygen atoms in total. The molecule has 0 radical (unpaired) electrons. The Morgan fingerprint density at radius 3 is 3.11 bits per heavy atom. The third-order valence-corrected chi connectivity index (χ3v) is 3.29. The third kappa shape index (κ3) is 2.09. The van der Waals surface area contributed by atoms with E-state index in [-0.39, 0.29) is 0 Å². The van der Waals surface area contributed by atoms with Crippen LogP contribution in [0.3, 0.4) is 0 Å². The smallest absolute Gasteiger partial charge is 0.127 e. The Balaban J connectivity index is 1.92. The van der Waals surface area contributed by atoms with Crippen molar-refractivity contribution in [1.82, 2.24) is 9.55 Å². The molecule has 0 saturated heterocycles. The van der Waals surface area contributed by atoms with Gasteiger partial charge in [0.05, 0.1) is 25.2 Å². The van der Waals surface area contributed by atoms with Crippen molar-refractivity contribution in [3.8, 4) is 5.75 Å². The standard InChI is InChI=1S/C13H14ClN3O/c14-11-3-9-1-2-18-13(9)10(4-11)6-17-7-12(5-15)16-8-17/h3-4,7-8H,1-2,5-6,15H2. The summed E-state index contributed by atoms with van der Waals surface area (Å²) in [5.74, 6) is 0.974. The van der Waals surface area contributed by atoms with Crippen LogP contribution in [0.5, 0.6) is 5.75 Å². The molecule has 0 amide bonds. The van der Waals surface area contributed by atoms with Crippen LogP contribution in [0.1, 0.15) is 16.8 Å². The van der Waals surface area contributed by atoms with Gasteiger partial charge >= 0.3 is 0 Å². The molecule has 2 aromatic rings. The number of benzene rings is 1. The van der Waals surface area contributed by atoms with Gasteiger partial charge in [0.15, 0.2) is 0 Å². The molecule has 0 atom stereocenters. The van der Waals surface area contributed by atoms with Crippen molar-refractivity contribution in [3.05, 3.63) is 46.5 Å². The zero-order chi connectivity index (χ0) is 12.5. The van der Waals surface area contributed by atoms with Gasteiger partial charge in [-0.05, 0) is 17.7 Å². The molecule has 1 aromatic carbocycles. The van der Waals surface area contributed by atoms with E-state index in [9.17, 15) is 0 Å². The lowest BCUT2D eigenvalue weighted by atomic mass is 10.1. The van der Waals surface area contributed by atoms with Crippen LogP contribution in [0.2, 0.25) is 5.02 Å². The Morgan fingerprint density at radius 1 is 1.44 bits per heavy atom. The summed E-state index contributed by atoms with van der Waals surface area (Å²) in [4.78, 5) is 4.21. The van der Waals surface area contributed by atoms with Gasteiger partial charge in [-0.2, -0.15) is 0 Å². The maximum Gasteiger partial charge on any atom is 0.127 e. The quantitative estimate of drug-likeness (QED) is 0.921. The first-order valence-corrected chi connectivity index (χ1v) is 6.29. The molecule has 0 bridgehead atoms. The summed E-state index contributed by atoms with van der Waals surface area (Å²) in [7, 11) is 0. The first-order chi connectivity index (χ1) is 8.76. The van der Waals surface area contributed by atoms with Gasteiger partial charge in [0.2, 0.25) is 0 Å². The number of aromatic nitrogens is 2. The summed E-state index contributed by atoms with van der Waals surface area (Å²) in [5, 5.41) is 0.758. The number of hydrogen-bond acceptors (Lipinski definition) is 3. The number of halogens is 1. The molecule has 5 heteroatoms. The van der Waals surface area contributed by atoms with Crippen LogP contribution in [-0.2, 0) is 19.5 Å². The van der Waals surface area contributed by atoms with Gasteiger partial charge < -0.3 is 15.0 Å². The second-order valence-corrected chi connectivity index (χ2v) is 4.83. The molecular formula is C13H14ClN3O. The van der Waals surface area contributed by atoms with Crippen LogP contribution < -0.4 is 10.5 Å². The average Bonchev–Trinajstić information content (AvgIpc) is 2.97. The maximum absolute atomic E-state index is 6.13. The number of rotatable bonds is 3. The van der Waals surface area contributed by atoms with Gasteiger partial charge in [0.25, 0.3) is 0 Å². The van der Waals surface area contributed by atoms with Crippen molar-refractivity contribution in [3.63, 3.8) is 0 Å². The molecule has 2 heterocycles. The lowest BCUT2D eigenvalue weighted by Crippen LogP contribution is -2.00. The van der Waals surface area contributed by atoms with E-state index in [0.717, 1.165) is 35.1 Å². The monoisotopic (exact) mass is 263 g/mol. The average molecular weight is 264 g/mol. The summed E-state index contributed by atoms with van der Waals surface area (Å²) >= 11 is 6.13. The zero-order valence-corrected chi connectivity index (χ0v) is 10.7. The normalized spacial score (nSPS) is 13.4. The van der Waals surface area contributed by atoms with E-state index < -0.39 is 0 Å². The number of ether oxygens (including phenoxy) is 1. The fraction of sp³-hybridized carbons (Fsp3) is 0.308. The van der Waals surface area contributed by atoms with Crippen LogP contribution in [-0.4, -0.2) is 16.2 Å². The van der Waals surface area contributed by atoms with Gasteiger partial charge in [-0.25, -0.2) is 4.98 Å². The van der Waals surface area contributed by atoms with Crippen molar-refractivity contribution in [1.29, 1.82) is 0 Å². The topological polar surface area (TPSA) is 53.1 Å². The minimum Gasteiger partial charge on any atom is -0.493 e. The fourth-order valence-corrected chi connectivity index (χ4v) is 2.52. The van der Waals surface area contributed by atoms with E-state index in [1.165, 1.54) is 5.56 Å². The Kier molecular flexibility index (Phi) is 2.97. The van der Waals surface area contributed by atoms with Crippen molar-refractivity contribution < 1.29 is 4.74 Å². The van der Waals surface area contributed by atoms with Crippen LogP contribution in [0, 0.1) is 0 Å². The highest BCUT2D eigenvalue weighted by Crippen LogP contribution is 2.33. The number of nitrogens with zero attached hydrogens (tertiary/aromatic N) is 2. The fourth-order valence-electron chi connectivity index (χ4n) is 2.26.